The van der Waals surface area contributed by atoms with Gasteiger partial charge in [-0.05, 0) is 36.4 Å². The summed E-state index contributed by atoms with van der Waals surface area (Å²) in [6.07, 6.45) is 1.32. The molecule has 7 nitrogen and oxygen atoms in total. The number of carboxylic acids is 1. The predicted molar refractivity (Wildman–Crippen MR) is 106 cm³/mol. The van der Waals surface area contributed by atoms with E-state index in [0.29, 0.717) is 11.3 Å². The van der Waals surface area contributed by atoms with Crippen molar-refractivity contribution in [1.82, 2.24) is 5.43 Å². The second-order valence-corrected chi connectivity index (χ2v) is 7.07. The summed E-state index contributed by atoms with van der Waals surface area (Å²) in [5.74, 6) is -1.90. The molecule has 0 spiro atoms. The lowest BCUT2D eigenvalue weighted by Crippen LogP contribution is -2.35. The maximum absolute atomic E-state index is 12.7. The zero-order valence-corrected chi connectivity index (χ0v) is 16.3. The topological polar surface area (TPSA) is 103 Å². The van der Waals surface area contributed by atoms with Gasteiger partial charge in [0.1, 0.15) is 17.1 Å². The average molecular weight is 452 g/mol. The van der Waals surface area contributed by atoms with Gasteiger partial charge in [0, 0.05) is 15.6 Å². The third kappa shape index (κ3) is 3.57. The molecule has 0 radical (unpaired) electrons. The van der Waals surface area contributed by atoms with Gasteiger partial charge in [0.05, 0.1) is 11.7 Å². The molecule has 0 unspecified atom stereocenters. The Balaban J connectivity index is 1.65. The molecule has 29 heavy (non-hydrogen) atoms. The Bertz CT molecular complexity index is 1180. The van der Waals surface area contributed by atoms with E-state index in [2.05, 4.69) is 21.4 Å². The smallest absolute Gasteiger partial charge is 0.282 e. The number of aromatic carboxylic acids is 1. The lowest BCUT2D eigenvalue weighted by molar-refractivity contribution is -0.255. The molecule has 0 saturated carbocycles. The highest BCUT2D eigenvalue weighted by atomic mass is 79.9. The first-order chi connectivity index (χ1) is 13.9. The molecule has 1 fully saturated rings. The van der Waals surface area contributed by atoms with Crippen molar-refractivity contribution in [2.45, 2.75) is 0 Å². The number of carbonyl (C=O) groups is 3. The number of carboxylic acid groups (broad SMARTS) is 1. The summed E-state index contributed by atoms with van der Waals surface area (Å²) >= 11 is 3.33. The molecule has 1 aliphatic heterocycles. The number of nitrogens with zero attached hydrogens (tertiary/aromatic N) is 1. The van der Waals surface area contributed by atoms with Gasteiger partial charge < -0.3 is 14.3 Å². The van der Waals surface area contributed by atoms with Gasteiger partial charge in [0.2, 0.25) is 0 Å². The van der Waals surface area contributed by atoms with Crippen molar-refractivity contribution in [2.24, 2.45) is 0 Å². The van der Waals surface area contributed by atoms with E-state index in [0.717, 1.165) is 9.48 Å². The number of carbonyl (C=O) groups excluding carboxylic acids is 3. The Hall–Kier alpha value is -3.65. The quantitative estimate of drug-likeness (QED) is 0.484. The van der Waals surface area contributed by atoms with Crippen molar-refractivity contribution in [3.63, 3.8) is 0 Å². The standard InChI is InChI=1S/C21H13BrN2O5/c22-12-4-3-5-13(10-12)24-20(26)17(19(25)23-24)11-14-8-9-18(29-14)15-6-1-2-7-16(15)21(27)28/h1-11H,(H,23,25)(H,27,28)/p-1/b17-11-. The minimum atomic E-state index is -1.33. The Morgan fingerprint density at radius 2 is 1.86 bits per heavy atom. The number of rotatable bonds is 4. The molecule has 2 aromatic carbocycles. The molecule has 1 aliphatic rings. The SMILES string of the molecule is O=C1NN(c2cccc(Br)c2)C(=O)/C1=C\c1ccc(-c2ccccc2C(=O)[O-])o1. The first-order valence-electron chi connectivity index (χ1n) is 8.47. The van der Waals surface area contributed by atoms with Gasteiger partial charge in [-0.3, -0.25) is 15.0 Å². The summed E-state index contributed by atoms with van der Waals surface area (Å²) in [5.41, 5.74) is 3.24. The zero-order chi connectivity index (χ0) is 20.5. The average Bonchev–Trinajstić information content (AvgIpc) is 3.28. The fourth-order valence-corrected chi connectivity index (χ4v) is 3.33. The molecule has 1 saturated heterocycles. The van der Waals surface area contributed by atoms with E-state index in [-0.39, 0.29) is 22.7 Å². The molecule has 2 heterocycles. The van der Waals surface area contributed by atoms with E-state index >= 15 is 0 Å². The van der Waals surface area contributed by atoms with Gasteiger partial charge in [0.25, 0.3) is 11.8 Å². The lowest BCUT2D eigenvalue weighted by Gasteiger charge is -2.14. The molecular formula is C21H12BrN2O5-. The molecule has 144 valence electrons. The van der Waals surface area contributed by atoms with Crippen molar-refractivity contribution < 1.29 is 23.9 Å². The van der Waals surface area contributed by atoms with Crippen LogP contribution in [-0.4, -0.2) is 17.8 Å². The third-order valence-corrected chi connectivity index (χ3v) is 4.78. The normalized spacial score (nSPS) is 15.1. The monoisotopic (exact) mass is 451 g/mol. The van der Waals surface area contributed by atoms with Crippen LogP contribution in [0.1, 0.15) is 16.1 Å². The minimum absolute atomic E-state index is 0.0171. The first kappa shape index (κ1) is 18.7. The Labute approximate surface area is 173 Å². The van der Waals surface area contributed by atoms with Gasteiger partial charge in [-0.25, -0.2) is 5.01 Å². The molecule has 0 bridgehead atoms. The van der Waals surface area contributed by atoms with Crippen molar-refractivity contribution in [2.75, 3.05) is 5.01 Å². The number of hydrazine groups is 1. The highest BCUT2D eigenvalue weighted by molar-refractivity contribution is 9.10. The van der Waals surface area contributed by atoms with Crippen molar-refractivity contribution >= 4 is 45.5 Å². The molecule has 1 N–H and O–H groups in total. The summed E-state index contributed by atoms with van der Waals surface area (Å²) in [7, 11) is 0. The molecule has 0 atom stereocenters. The molecular weight excluding hydrogens is 440 g/mol. The number of benzene rings is 2. The van der Waals surface area contributed by atoms with Crippen LogP contribution in [-0.2, 0) is 9.59 Å². The molecule has 3 aromatic rings. The molecule has 8 heteroatoms. The fraction of sp³-hybridized carbons (Fsp3) is 0. The van der Waals surface area contributed by atoms with Crippen molar-refractivity contribution in [3.05, 3.63) is 82.0 Å². The number of halogens is 1. The van der Waals surface area contributed by atoms with Gasteiger partial charge in [0.15, 0.2) is 0 Å². The highest BCUT2D eigenvalue weighted by Crippen LogP contribution is 2.28. The Morgan fingerprint density at radius 1 is 1.07 bits per heavy atom. The van der Waals surface area contributed by atoms with Gasteiger partial charge in [-0.15, -0.1) is 0 Å². The van der Waals surface area contributed by atoms with Crippen LogP contribution in [0.5, 0.6) is 0 Å². The largest absolute Gasteiger partial charge is 0.545 e. The maximum Gasteiger partial charge on any atom is 0.282 e. The zero-order valence-electron chi connectivity index (χ0n) is 14.7. The predicted octanol–water partition coefficient (Wildman–Crippen LogP) is 2.53. The molecule has 2 amide bonds. The lowest BCUT2D eigenvalue weighted by atomic mass is 10.1. The summed E-state index contributed by atoms with van der Waals surface area (Å²) in [6, 6.07) is 16.3. The van der Waals surface area contributed by atoms with Crippen LogP contribution in [0, 0.1) is 0 Å². The second-order valence-electron chi connectivity index (χ2n) is 6.15. The van der Waals surface area contributed by atoms with E-state index in [9.17, 15) is 19.5 Å². The van der Waals surface area contributed by atoms with Crippen LogP contribution >= 0.6 is 15.9 Å². The summed E-state index contributed by atoms with van der Waals surface area (Å²) in [6.45, 7) is 0. The third-order valence-electron chi connectivity index (χ3n) is 4.28. The molecule has 0 aliphatic carbocycles. The number of nitrogens with one attached hydrogen (secondary N) is 1. The van der Waals surface area contributed by atoms with Gasteiger partial charge in [-0.2, -0.15) is 0 Å². The van der Waals surface area contributed by atoms with Crippen LogP contribution in [0.3, 0.4) is 0 Å². The summed E-state index contributed by atoms with van der Waals surface area (Å²) in [4.78, 5) is 36.3. The number of anilines is 1. The van der Waals surface area contributed by atoms with Crippen LogP contribution in [0.2, 0.25) is 0 Å². The maximum atomic E-state index is 12.7. The number of furan rings is 1. The number of amides is 2. The number of hydrogen-bond acceptors (Lipinski definition) is 5. The van der Waals surface area contributed by atoms with Crippen LogP contribution in [0.4, 0.5) is 5.69 Å². The van der Waals surface area contributed by atoms with Crippen LogP contribution in [0.25, 0.3) is 17.4 Å². The van der Waals surface area contributed by atoms with Gasteiger partial charge >= 0.3 is 0 Å². The van der Waals surface area contributed by atoms with Crippen molar-refractivity contribution in [3.8, 4) is 11.3 Å². The Kier molecular flexibility index (Phi) is 4.77. The van der Waals surface area contributed by atoms with E-state index in [4.69, 9.17) is 4.42 Å². The minimum Gasteiger partial charge on any atom is -0.545 e. The molecule has 1 aromatic heterocycles. The molecule has 4 rings (SSSR count). The van der Waals surface area contributed by atoms with Crippen molar-refractivity contribution in [1.29, 1.82) is 0 Å². The fourth-order valence-electron chi connectivity index (χ4n) is 2.95. The van der Waals surface area contributed by atoms with Gasteiger partial charge in [-0.1, -0.05) is 46.3 Å². The first-order valence-corrected chi connectivity index (χ1v) is 9.26. The van der Waals surface area contributed by atoms with Crippen LogP contribution < -0.4 is 15.5 Å². The summed E-state index contributed by atoms with van der Waals surface area (Å²) in [5, 5.41) is 12.4. The van der Waals surface area contributed by atoms with E-state index in [1.165, 1.54) is 12.1 Å². The number of hydrogen-bond donors (Lipinski definition) is 1. The highest BCUT2D eigenvalue weighted by Gasteiger charge is 2.34. The van der Waals surface area contributed by atoms with E-state index < -0.39 is 17.8 Å². The van der Waals surface area contributed by atoms with E-state index in [1.807, 2.05) is 0 Å². The Morgan fingerprint density at radius 3 is 2.62 bits per heavy atom. The van der Waals surface area contributed by atoms with E-state index in [1.54, 1.807) is 54.6 Å². The van der Waals surface area contributed by atoms with Crippen LogP contribution in [0.15, 0.2) is 75.1 Å². The summed E-state index contributed by atoms with van der Waals surface area (Å²) < 4.78 is 6.41. The second kappa shape index (κ2) is 7.40.